The van der Waals surface area contributed by atoms with Crippen LogP contribution in [-0.2, 0) is 16.1 Å². The van der Waals surface area contributed by atoms with Crippen LogP contribution in [0.1, 0.15) is 54.9 Å². The second-order valence-electron chi connectivity index (χ2n) is 10.8. The van der Waals surface area contributed by atoms with Crippen LogP contribution in [0, 0.1) is 5.92 Å². The number of rotatable bonds is 6. The molecule has 3 heterocycles. The van der Waals surface area contributed by atoms with Gasteiger partial charge in [-0.3, -0.25) is 4.57 Å². The van der Waals surface area contributed by atoms with Crippen LogP contribution >= 0.6 is 0 Å². The van der Waals surface area contributed by atoms with E-state index in [4.69, 9.17) is 15.2 Å². The van der Waals surface area contributed by atoms with Crippen LogP contribution in [0.3, 0.4) is 0 Å². The van der Waals surface area contributed by atoms with Gasteiger partial charge < -0.3 is 30.2 Å². The van der Waals surface area contributed by atoms with Crippen molar-refractivity contribution in [3.05, 3.63) is 100.0 Å². The fourth-order valence-corrected chi connectivity index (χ4v) is 6.09. The van der Waals surface area contributed by atoms with Crippen molar-refractivity contribution in [2.75, 3.05) is 25.4 Å². The Morgan fingerprint density at radius 3 is 2.49 bits per heavy atom. The molecule has 2 saturated heterocycles. The summed E-state index contributed by atoms with van der Waals surface area (Å²) < 4.78 is 15.1. The van der Waals surface area contributed by atoms with Gasteiger partial charge in [-0.05, 0) is 48.2 Å². The van der Waals surface area contributed by atoms with Crippen molar-refractivity contribution in [1.82, 2.24) is 14.5 Å². The molecule has 204 valence electrons. The molecule has 2 aliphatic heterocycles. The summed E-state index contributed by atoms with van der Waals surface area (Å²) in [4.78, 5) is 18.2. The summed E-state index contributed by atoms with van der Waals surface area (Å²) in [6.07, 6.45) is 1.07. The number of aliphatic hydroxyl groups excluding tert-OH is 1. The van der Waals surface area contributed by atoms with Gasteiger partial charge in [0.2, 0.25) is 0 Å². The third-order valence-corrected chi connectivity index (χ3v) is 8.29. The number of H-pyrrole nitrogens is 1. The van der Waals surface area contributed by atoms with Gasteiger partial charge in [-0.2, -0.15) is 0 Å². The molecule has 0 amide bonds. The van der Waals surface area contributed by atoms with Gasteiger partial charge in [0.05, 0.1) is 29.8 Å². The average Bonchev–Trinajstić information content (AvgIpc) is 3.30. The van der Waals surface area contributed by atoms with Crippen molar-refractivity contribution in [2.45, 2.75) is 50.9 Å². The smallest absolute Gasteiger partial charge is 0.326 e. The molecule has 8 heteroatoms. The Morgan fingerprint density at radius 1 is 0.974 bits per heavy atom. The van der Waals surface area contributed by atoms with E-state index >= 15 is 0 Å². The van der Waals surface area contributed by atoms with Gasteiger partial charge in [-0.1, -0.05) is 55.5 Å². The van der Waals surface area contributed by atoms with Gasteiger partial charge >= 0.3 is 5.69 Å². The summed E-state index contributed by atoms with van der Waals surface area (Å²) in [5, 5.41) is 9.49. The van der Waals surface area contributed by atoms with E-state index in [-0.39, 0.29) is 36.5 Å². The van der Waals surface area contributed by atoms with Gasteiger partial charge in [-0.15, -0.1) is 0 Å². The summed E-state index contributed by atoms with van der Waals surface area (Å²) in [5.41, 5.74) is 11.4. The van der Waals surface area contributed by atoms with E-state index in [2.05, 4.69) is 16.8 Å². The zero-order chi connectivity index (χ0) is 26.9. The molecule has 2 fully saturated rings. The lowest BCUT2D eigenvalue weighted by Crippen LogP contribution is -2.47. The highest BCUT2D eigenvalue weighted by atomic mass is 16.7. The molecule has 4 atom stereocenters. The molecule has 3 aromatic carbocycles. The Labute approximate surface area is 228 Å². The van der Waals surface area contributed by atoms with Gasteiger partial charge in [0.25, 0.3) is 0 Å². The molecule has 0 unspecified atom stereocenters. The highest BCUT2D eigenvalue weighted by Gasteiger charge is 2.39. The number of likely N-dealkylation sites (tertiary alicyclic amines) is 1. The first-order valence-electron chi connectivity index (χ1n) is 13.8. The number of aromatic amines is 1. The van der Waals surface area contributed by atoms with Crippen LogP contribution in [-0.4, -0.2) is 45.3 Å². The number of fused-ring (bicyclic) bond motifs is 1. The minimum absolute atomic E-state index is 0.0135. The predicted octanol–water partition coefficient (Wildman–Crippen LogP) is 4.53. The maximum absolute atomic E-state index is 12.7. The summed E-state index contributed by atoms with van der Waals surface area (Å²) in [7, 11) is 0. The number of nitrogens with zero attached hydrogens (tertiary/aromatic N) is 2. The van der Waals surface area contributed by atoms with Gasteiger partial charge in [0.15, 0.2) is 6.29 Å². The standard InChI is InChI=1S/C31H36N4O4/c1-20-28(18-34-15-13-25(14-16-34)35-27-8-3-2-7-26(27)33-31(35)37)38-30(23-5-4-6-24(32)17-23)39-29(20)22-11-9-21(19-36)10-12-22/h2-12,17,20,25,28-30,36H,13-16,18-19,32H2,1H3,(H,33,37)/t20-,28+,29+,30+/m0/s1. The number of hydrogen-bond acceptors (Lipinski definition) is 6. The Balaban J connectivity index is 1.19. The molecule has 0 saturated carbocycles. The lowest BCUT2D eigenvalue weighted by molar-refractivity contribution is -0.276. The molecule has 1 aromatic heterocycles. The monoisotopic (exact) mass is 528 g/mol. The summed E-state index contributed by atoms with van der Waals surface area (Å²) in [5.74, 6) is 0.108. The molecule has 4 aromatic rings. The number of aromatic nitrogens is 2. The second kappa shape index (κ2) is 11.0. The van der Waals surface area contributed by atoms with Crippen molar-refractivity contribution < 1.29 is 14.6 Å². The van der Waals surface area contributed by atoms with E-state index in [0.717, 1.165) is 60.2 Å². The lowest BCUT2D eigenvalue weighted by atomic mass is 9.89. The third kappa shape index (κ3) is 5.25. The zero-order valence-electron chi connectivity index (χ0n) is 22.2. The molecule has 6 rings (SSSR count). The molecular formula is C31H36N4O4. The number of nitrogens with one attached hydrogen (secondary N) is 1. The highest BCUT2D eigenvalue weighted by molar-refractivity contribution is 5.75. The number of imidazole rings is 1. The molecule has 2 aliphatic rings. The van der Waals surface area contributed by atoms with Crippen LogP contribution < -0.4 is 11.4 Å². The SMILES string of the molecule is C[C@H]1[C@@H](CN2CCC(n3c(=O)[nH]c4ccccc43)CC2)O[C@@H](c2cccc(N)c2)O[C@H]1c1ccc(CO)cc1. The number of nitrogens with two attached hydrogens (primary N) is 1. The third-order valence-electron chi connectivity index (χ3n) is 8.29. The number of benzene rings is 3. The largest absolute Gasteiger partial charge is 0.399 e. The quantitative estimate of drug-likeness (QED) is 0.318. The van der Waals surface area contributed by atoms with Gasteiger partial charge in [-0.25, -0.2) is 4.79 Å². The number of nitrogen functional groups attached to an aromatic ring is 1. The maximum atomic E-state index is 12.7. The number of aliphatic hydroxyl groups is 1. The van der Waals surface area contributed by atoms with E-state index in [1.807, 2.05) is 77.4 Å². The van der Waals surface area contributed by atoms with E-state index < -0.39 is 6.29 Å². The Hall–Kier alpha value is -3.43. The minimum Gasteiger partial charge on any atom is -0.399 e. The van der Waals surface area contributed by atoms with Crippen LogP contribution in [0.2, 0.25) is 0 Å². The second-order valence-corrected chi connectivity index (χ2v) is 10.8. The molecule has 39 heavy (non-hydrogen) atoms. The summed E-state index contributed by atoms with van der Waals surface area (Å²) in [6, 6.07) is 23.7. The lowest BCUT2D eigenvalue weighted by Gasteiger charge is -2.44. The van der Waals surface area contributed by atoms with E-state index in [0.29, 0.717) is 5.69 Å². The molecular weight excluding hydrogens is 492 g/mol. The summed E-state index contributed by atoms with van der Waals surface area (Å²) >= 11 is 0. The van der Waals surface area contributed by atoms with Crippen LogP contribution in [0.4, 0.5) is 5.69 Å². The van der Waals surface area contributed by atoms with Gasteiger partial charge in [0, 0.05) is 42.8 Å². The van der Waals surface area contributed by atoms with Crippen molar-refractivity contribution in [1.29, 1.82) is 0 Å². The Morgan fingerprint density at radius 2 is 1.74 bits per heavy atom. The summed E-state index contributed by atoms with van der Waals surface area (Å²) in [6.45, 7) is 4.76. The Bertz CT molecular complexity index is 1470. The first kappa shape index (κ1) is 25.8. The molecule has 0 bridgehead atoms. The number of hydrogen-bond donors (Lipinski definition) is 3. The van der Waals surface area contributed by atoms with Crippen LogP contribution in [0.15, 0.2) is 77.6 Å². The molecule has 4 N–H and O–H groups in total. The number of piperidine rings is 1. The van der Waals surface area contributed by atoms with Crippen molar-refractivity contribution in [2.24, 2.45) is 5.92 Å². The number of anilines is 1. The number of para-hydroxylation sites is 2. The molecule has 0 aliphatic carbocycles. The minimum atomic E-state index is -0.528. The first-order valence-corrected chi connectivity index (χ1v) is 13.8. The topological polar surface area (TPSA) is 106 Å². The van der Waals surface area contributed by atoms with E-state index in [1.54, 1.807) is 0 Å². The van der Waals surface area contributed by atoms with Gasteiger partial charge in [0.1, 0.15) is 0 Å². The molecule has 8 nitrogen and oxygen atoms in total. The Kier molecular flexibility index (Phi) is 7.27. The normalized spacial score (nSPS) is 24.8. The van der Waals surface area contributed by atoms with E-state index in [1.165, 1.54) is 0 Å². The first-order chi connectivity index (χ1) is 19.0. The number of ether oxygens (including phenoxy) is 2. The molecule has 0 spiro atoms. The van der Waals surface area contributed by atoms with Crippen molar-refractivity contribution >= 4 is 16.7 Å². The van der Waals surface area contributed by atoms with Crippen molar-refractivity contribution in [3.63, 3.8) is 0 Å². The predicted molar refractivity (Wildman–Crippen MR) is 151 cm³/mol. The molecule has 0 radical (unpaired) electrons. The van der Waals surface area contributed by atoms with Crippen LogP contribution in [0.5, 0.6) is 0 Å². The fraction of sp³-hybridized carbons (Fsp3) is 0.387. The highest BCUT2D eigenvalue weighted by Crippen LogP contribution is 2.42. The average molecular weight is 529 g/mol. The van der Waals surface area contributed by atoms with E-state index in [9.17, 15) is 9.90 Å². The maximum Gasteiger partial charge on any atom is 0.326 e. The zero-order valence-corrected chi connectivity index (χ0v) is 22.2. The fourth-order valence-electron chi connectivity index (χ4n) is 6.09. The van der Waals surface area contributed by atoms with Crippen LogP contribution in [0.25, 0.3) is 11.0 Å². The van der Waals surface area contributed by atoms with Crippen molar-refractivity contribution in [3.8, 4) is 0 Å².